The normalized spacial score (nSPS) is 10.7. The second-order valence-electron chi connectivity index (χ2n) is 3.92. The van der Waals surface area contributed by atoms with Crippen LogP contribution in [0.1, 0.15) is 11.3 Å². The molecule has 0 aliphatic carbocycles. The highest BCUT2D eigenvalue weighted by Crippen LogP contribution is 2.09. The summed E-state index contributed by atoms with van der Waals surface area (Å²) in [5.74, 6) is 0.918. The van der Waals surface area contributed by atoms with Gasteiger partial charge in [0.05, 0.1) is 11.9 Å². The summed E-state index contributed by atoms with van der Waals surface area (Å²) in [6.45, 7) is 2.92. The van der Waals surface area contributed by atoms with Gasteiger partial charge in [-0.25, -0.2) is 4.98 Å². The molecular weight excluding hydrogens is 202 g/mol. The van der Waals surface area contributed by atoms with Crippen LogP contribution in [-0.4, -0.2) is 26.4 Å². The van der Waals surface area contributed by atoms with Gasteiger partial charge in [-0.2, -0.15) is 5.10 Å². The molecule has 0 atom stereocenters. The van der Waals surface area contributed by atoms with Crippen molar-refractivity contribution in [3.63, 3.8) is 0 Å². The fraction of sp³-hybridized carbons (Fsp3) is 0.455. The minimum atomic E-state index is 0.918. The summed E-state index contributed by atoms with van der Waals surface area (Å²) in [7, 11) is 3.83. The average Bonchev–Trinajstić information content (AvgIpc) is 2.81. The molecule has 86 valence electrons. The first kappa shape index (κ1) is 10.7. The van der Waals surface area contributed by atoms with Crippen molar-refractivity contribution in [1.82, 2.24) is 19.3 Å². The Morgan fingerprint density at radius 1 is 1.38 bits per heavy atom. The number of hydrogen-bond acceptors (Lipinski definition) is 3. The first-order valence-corrected chi connectivity index (χ1v) is 5.38. The first-order valence-electron chi connectivity index (χ1n) is 5.38. The molecule has 0 aliphatic rings. The molecule has 2 rings (SSSR count). The molecular formula is C11H17N5. The van der Waals surface area contributed by atoms with Crippen LogP contribution in [0.15, 0.2) is 18.6 Å². The van der Waals surface area contributed by atoms with E-state index in [0.29, 0.717) is 0 Å². The van der Waals surface area contributed by atoms with Crippen molar-refractivity contribution in [2.75, 3.05) is 12.4 Å². The van der Waals surface area contributed by atoms with E-state index in [1.54, 1.807) is 0 Å². The number of imidazole rings is 1. The average molecular weight is 219 g/mol. The predicted octanol–water partition coefficient (Wildman–Crippen LogP) is 1.21. The number of aromatic nitrogens is 4. The zero-order valence-electron chi connectivity index (χ0n) is 9.94. The summed E-state index contributed by atoms with van der Waals surface area (Å²) in [6, 6.07) is 0. The van der Waals surface area contributed by atoms with Gasteiger partial charge in [-0.05, 0) is 18.9 Å². The van der Waals surface area contributed by atoms with Crippen molar-refractivity contribution in [3.8, 4) is 0 Å². The van der Waals surface area contributed by atoms with Crippen molar-refractivity contribution in [1.29, 1.82) is 0 Å². The molecule has 0 saturated heterocycles. The standard InChI is InChI=1S/C11H17N5/c1-9-7-16(11(12-2)14-9)5-4-10-6-13-15(3)8-10/h6-8H,4-5H2,1-3H3,(H,12,14). The van der Waals surface area contributed by atoms with Crippen LogP contribution in [0.4, 0.5) is 5.95 Å². The molecule has 0 amide bonds. The third kappa shape index (κ3) is 2.24. The van der Waals surface area contributed by atoms with Gasteiger partial charge in [-0.15, -0.1) is 0 Å². The Labute approximate surface area is 95.1 Å². The number of nitrogens with zero attached hydrogens (tertiary/aromatic N) is 4. The molecule has 16 heavy (non-hydrogen) atoms. The van der Waals surface area contributed by atoms with E-state index in [1.165, 1.54) is 5.56 Å². The van der Waals surface area contributed by atoms with Gasteiger partial charge in [0.1, 0.15) is 0 Å². The smallest absolute Gasteiger partial charge is 0.202 e. The monoisotopic (exact) mass is 219 g/mol. The summed E-state index contributed by atoms with van der Waals surface area (Å²) >= 11 is 0. The summed E-state index contributed by atoms with van der Waals surface area (Å²) in [6.07, 6.45) is 6.98. The van der Waals surface area contributed by atoms with Gasteiger partial charge in [-0.1, -0.05) is 0 Å². The predicted molar refractivity (Wildman–Crippen MR) is 63.4 cm³/mol. The Morgan fingerprint density at radius 3 is 2.81 bits per heavy atom. The molecule has 2 aromatic rings. The van der Waals surface area contributed by atoms with E-state index >= 15 is 0 Å². The Morgan fingerprint density at radius 2 is 2.19 bits per heavy atom. The van der Waals surface area contributed by atoms with Crippen LogP contribution in [0.5, 0.6) is 0 Å². The van der Waals surface area contributed by atoms with Gasteiger partial charge >= 0.3 is 0 Å². The lowest BCUT2D eigenvalue weighted by atomic mass is 10.2. The highest BCUT2D eigenvalue weighted by molar-refractivity contribution is 5.27. The topological polar surface area (TPSA) is 47.7 Å². The molecule has 2 aromatic heterocycles. The number of nitrogens with one attached hydrogen (secondary N) is 1. The lowest BCUT2D eigenvalue weighted by Crippen LogP contribution is -2.04. The fourth-order valence-electron chi connectivity index (χ4n) is 1.77. The third-order valence-electron chi connectivity index (χ3n) is 2.52. The Bertz CT molecular complexity index is 468. The Balaban J connectivity index is 2.04. The summed E-state index contributed by atoms with van der Waals surface area (Å²) in [4.78, 5) is 4.38. The molecule has 2 heterocycles. The van der Waals surface area contributed by atoms with Crippen LogP contribution < -0.4 is 5.32 Å². The molecule has 0 unspecified atom stereocenters. The molecule has 0 radical (unpaired) electrons. The van der Waals surface area contributed by atoms with E-state index in [0.717, 1.165) is 24.6 Å². The molecule has 0 bridgehead atoms. The second-order valence-corrected chi connectivity index (χ2v) is 3.92. The maximum atomic E-state index is 4.38. The van der Waals surface area contributed by atoms with Gasteiger partial charge < -0.3 is 9.88 Å². The largest absolute Gasteiger partial charge is 0.359 e. The number of anilines is 1. The van der Waals surface area contributed by atoms with Crippen molar-refractivity contribution in [3.05, 3.63) is 29.8 Å². The van der Waals surface area contributed by atoms with Gasteiger partial charge in [0.2, 0.25) is 5.95 Å². The van der Waals surface area contributed by atoms with Crippen molar-refractivity contribution < 1.29 is 0 Å². The molecule has 0 aliphatic heterocycles. The van der Waals surface area contributed by atoms with Crippen molar-refractivity contribution in [2.45, 2.75) is 19.9 Å². The van der Waals surface area contributed by atoms with E-state index in [-0.39, 0.29) is 0 Å². The summed E-state index contributed by atoms with van der Waals surface area (Å²) in [5.41, 5.74) is 2.28. The van der Waals surface area contributed by atoms with E-state index in [9.17, 15) is 0 Å². The highest BCUT2D eigenvalue weighted by Gasteiger charge is 2.04. The van der Waals surface area contributed by atoms with E-state index < -0.39 is 0 Å². The fourth-order valence-corrected chi connectivity index (χ4v) is 1.77. The molecule has 0 saturated carbocycles. The van der Waals surface area contributed by atoms with Crippen LogP contribution in [0.3, 0.4) is 0 Å². The first-order chi connectivity index (χ1) is 7.69. The molecule has 5 heteroatoms. The second kappa shape index (κ2) is 4.38. The Kier molecular flexibility index (Phi) is 2.94. The third-order valence-corrected chi connectivity index (χ3v) is 2.52. The lowest BCUT2D eigenvalue weighted by Gasteiger charge is -2.05. The van der Waals surface area contributed by atoms with Crippen LogP contribution in [0.25, 0.3) is 0 Å². The maximum Gasteiger partial charge on any atom is 0.202 e. The van der Waals surface area contributed by atoms with Crippen molar-refractivity contribution in [2.24, 2.45) is 7.05 Å². The zero-order valence-corrected chi connectivity index (χ0v) is 9.94. The molecule has 0 fully saturated rings. The number of aryl methyl sites for hydroxylation is 4. The van der Waals surface area contributed by atoms with Gasteiger partial charge in [-0.3, -0.25) is 4.68 Å². The molecule has 1 N–H and O–H groups in total. The molecule has 5 nitrogen and oxygen atoms in total. The van der Waals surface area contributed by atoms with Crippen molar-refractivity contribution >= 4 is 5.95 Å². The van der Waals surface area contributed by atoms with E-state index in [1.807, 2.05) is 38.1 Å². The zero-order chi connectivity index (χ0) is 11.5. The Hall–Kier alpha value is -1.78. The van der Waals surface area contributed by atoms with Gasteiger partial charge in [0, 0.05) is 33.0 Å². The highest BCUT2D eigenvalue weighted by atomic mass is 15.2. The van der Waals surface area contributed by atoms with E-state index in [2.05, 4.69) is 26.2 Å². The van der Waals surface area contributed by atoms with Crippen LogP contribution in [0, 0.1) is 6.92 Å². The maximum absolute atomic E-state index is 4.38. The molecule has 0 spiro atoms. The van der Waals surface area contributed by atoms with Crippen LogP contribution >= 0.6 is 0 Å². The SMILES string of the molecule is CNc1nc(C)cn1CCc1cnn(C)c1. The number of hydrogen-bond donors (Lipinski definition) is 1. The summed E-state index contributed by atoms with van der Waals surface area (Å²) < 4.78 is 3.95. The summed E-state index contributed by atoms with van der Waals surface area (Å²) in [5, 5.41) is 7.24. The lowest BCUT2D eigenvalue weighted by molar-refractivity contribution is 0.701. The van der Waals surface area contributed by atoms with E-state index in [4.69, 9.17) is 0 Å². The quantitative estimate of drug-likeness (QED) is 0.840. The molecule has 0 aromatic carbocycles. The van der Waals surface area contributed by atoms with Gasteiger partial charge in [0.25, 0.3) is 0 Å². The van der Waals surface area contributed by atoms with Crippen LogP contribution in [-0.2, 0) is 20.0 Å². The van der Waals surface area contributed by atoms with Gasteiger partial charge in [0.15, 0.2) is 0 Å². The minimum absolute atomic E-state index is 0.918. The minimum Gasteiger partial charge on any atom is -0.359 e. The number of rotatable bonds is 4. The van der Waals surface area contributed by atoms with Crippen LogP contribution in [0.2, 0.25) is 0 Å².